The van der Waals surface area contributed by atoms with Crippen molar-refractivity contribution in [2.45, 2.75) is 20.1 Å². The number of ether oxygens (including phenoxy) is 2. The second kappa shape index (κ2) is 10.5. The van der Waals surface area contributed by atoms with Gasteiger partial charge in [-0.1, -0.05) is 23.7 Å². The van der Waals surface area contributed by atoms with Crippen LogP contribution in [0.15, 0.2) is 59.1 Å². The van der Waals surface area contributed by atoms with Gasteiger partial charge in [-0.05, 0) is 76.4 Å². The highest BCUT2D eigenvalue weighted by atomic mass is 79.9. The molecule has 3 aromatic rings. The van der Waals surface area contributed by atoms with E-state index in [1.165, 1.54) is 18.2 Å². The third kappa shape index (κ3) is 6.12. The molecule has 0 saturated heterocycles. The summed E-state index contributed by atoms with van der Waals surface area (Å²) in [5.74, 6) is -0.265. The van der Waals surface area contributed by atoms with E-state index in [0.29, 0.717) is 34.8 Å². The van der Waals surface area contributed by atoms with Gasteiger partial charge >= 0.3 is 5.97 Å². The minimum Gasteiger partial charge on any atom is -0.490 e. The first-order valence-electron chi connectivity index (χ1n) is 9.46. The van der Waals surface area contributed by atoms with Crippen molar-refractivity contribution in [1.82, 2.24) is 0 Å². The largest absolute Gasteiger partial charge is 0.490 e. The Balaban J connectivity index is 1.75. The SMILES string of the molecule is CCOc1cc(CNc2ccc(Cl)c(C(=O)O)c2)cc(Br)c1OCc1ccc(F)cc1. The lowest BCUT2D eigenvalue weighted by atomic mass is 10.1. The van der Waals surface area contributed by atoms with E-state index >= 15 is 0 Å². The molecule has 0 atom stereocenters. The first-order valence-corrected chi connectivity index (χ1v) is 10.6. The number of anilines is 1. The molecule has 0 unspecified atom stereocenters. The zero-order chi connectivity index (χ0) is 22.4. The van der Waals surface area contributed by atoms with Crippen molar-refractivity contribution in [3.8, 4) is 11.5 Å². The second-order valence-electron chi connectivity index (χ2n) is 6.61. The van der Waals surface area contributed by atoms with E-state index in [1.54, 1.807) is 24.3 Å². The Labute approximate surface area is 192 Å². The molecule has 0 aliphatic carbocycles. The number of aromatic carboxylic acids is 1. The number of benzene rings is 3. The molecule has 0 aliphatic heterocycles. The van der Waals surface area contributed by atoms with Gasteiger partial charge in [-0.3, -0.25) is 0 Å². The van der Waals surface area contributed by atoms with Crippen LogP contribution in [0.5, 0.6) is 11.5 Å². The maximum Gasteiger partial charge on any atom is 0.337 e. The number of carboxylic acids is 1. The fourth-order valence-corrected chi connectivity index (χ4v) is 3.67. The lowest BCUT2D eigenvalue weighted by molar-refractivity contribution is 0.0697. The molecule has 0 radical (unpaired) electrons. The number of hydrogen-bond donors (Lipinski definition) is 2. The van der Waals surface area contributed by atoms with Crippen LogP contribution >= 0.6 is 27.5 Å². The molecule has 0 heterocycles. The fraction of sp³-hybridized carbons (Fsp3) is 0.174. The Kier molecular flexibility index (Phi) is 7.76. The summed E-state index contributed by atoms with van der Waals surface area (Å²) in [6, 6.07) is 14.6. The molecule has 162 valence electrons. The van der Waals surface area contributed by atoms with E-state index in [9.17, 15) is 14.3 Å². The Hall–Kier alpha value is -2.77. The molecule has 0 aromatic heterocycles. The molecule has 5 nitrogen and oxygen atoms in total. The third-order valence-electron chi connectivity index (χ3n) is 4.36. The topological polar surface area (TPSA) is 67.8 Å². The molecule has 0 spiro atoms. The number of rotatable bonds is 9. The standard InChI is InChI=1S/C23H20BrClFNO4/c1-2-30-21-10-15(12-27-17-7-8-20(25)18(11-17)23(28)29)9-19(24)22(21)31-13-14-3-5-16(26)6-4-14/h3-11,27H,2,12-13H2,1H3,(H,28,29). The molecule has 3 aromatic carbocycles. The van der Waals surface area contributed by atoms with E-state index in [1.807, 2.05) is 19.1 Å². The monoisotopic (exact) mass is 507 g/mol. The summed E-state index contributed by atoms with van der Waals surface area (Å²) in [4.78, 5) is 11.3. The molecule has 31 heavy (non-hydrogen) atoms. The van der Waals surface area contributed by atoms with Gasteiger partial charge in [0, 0.05) is 12.2 Å². The number of carbonyl (C=O) groups is 1. The Morgan fingerprint density at radius 2 is 1.84 bits per heavy atom. The highest BCUT2D eigenvalue weighted by Gasteiger charge is 2.14. The minimum atomic E-state index is -1.09. The number of nitrogens with one attached hydrogen (secondary N) is 1. The molecule has 0 fully saturated rings. The molecule has 0 bridgehead atoms. The second-order valence-corrected chi connectivity index (χ2v) is 7.87. The first kappa shape index (κ1) is 22.9. The lowest BCUT2D eigenvalue weighted by Crippen LogP contribution is -2.05. The maximum absolute atomic E-state index is 13.1. The molecule has 8 heteroatoms. The summed E-state index contributed by atoms with van der Waals surface area (Å²) in [6.45, 7) is 3.02. The summed E-state index contributed by atoms with van der Waals surface area (Å²) < 4.78 is 25.5. The van der Waals surface area contributed by atoms with Gasteiger partial charge in [-0.2, -0.15) is 0 Å². The van der Waals surface area contributed by atoms with E-state index in [0.717, 1.165) is 11.1 Å². The summed E-state index contributed by atoms with van der Waals surface area (Å²) in [6.07, 6.45) is 0. The minimum absolute atomic E-state index is 0.0346. The van der Waals surface area contributed by atoms with Crippen molar-refractivity contribution >= 4 is 39.2 Å². The summed E-state index contributed by atoms with van der Waals surface area (Å²) in [5.41, 5.74) is 2.40. The van der Waals surface area contributed by atoms with Gasteiger partial charge in [-0.25, -0.2) is 9.18 Å². The van der Waals surface area contributed by atoms with Crippen molar-refractivity contribution in [1.29, 1.82) is 0 Å². The van der Waals surface area contributed by atoms with Crippen LogP contribution in [0.2, 0.25) is 5.02 Å². The van der Waals surface area contributed by atoms with Gasteiger partial charge in [-0.15, -0.1) is 0 Å². The third-order valence-corrected chi connectivity index (χ3v) is 5.28. The van der Waals surface area contributed by atoms with Crippen LogP contribution in [-0.2, 0) is 13.2 Å². The number of halogens is 3. The normalized spacial score (nSPS) is 10.6. The Bertz CT molecular complexity index is 1080. The average molecular weight is 509 g/mol. The van der Waals surface area contributed by atoms with Crippen molar-refractivity contribution in [3.05, 3.63) is 86.6 Å². The van der Waals surface area contributed by atoms with Crippen LogP contribution in [0.1, 0.15) is 28.4 Å². The van der Waals surface area contributed by atoms with Crippen LogP contribution in [0, 0.1) is 5.82 Å². The van der Waals surface area contributed by atoms with E-state index < -0.39 is 5.97 Å². The highest BCUT2D eigenvalue weighted by molar-refractivity contribution is 9.10. The van der Waals surface area contributed by atoms with Gasteiger partial charge in [0.15, 0.2) is 11.5 Å². The lowest BCUT2D eigenvalue weighted by Gasteiger charge is -2.16. The Morgan fingerprint density at radius 1 is 1.10 bits per heavy atom. The first-order chi connectivity index (χ1) is 14.9. The molecule has 0 aliphatic rings. The number of carboxylic acid groups (broad SMARTS) is 1. The van der Waals surface area contributed by atoms with Crippen molar-refractivity contribution in [2.24, 2.45) is 0 Å². The van der Waals surface area contributed by atoms with Crippen molar-refractivity contribution in [3.63, 3.8) is 0 Å². The smallest absolute Gasteiger partial charge is 0.337 e. The maximum atomic E-state index is 13.1. The van der Waals surface area contributed by atoms with Gasteiger partial charge in [0.25, 0.3) is 0 Å². The highest BCUT2D eigenvalue weighted by Crippen LogP contribution is 2.37. The van der Waals surface area contributed by atoms with Crippen molar-refractivity contribution < 1.29 is 23.8 Å². The van der Waals surface area contributed by atoms with E-state index in [2.05, 4.69) is 21.2 Å². The quantitative estimate of drug-likeness (QED) is 0.344. The average Bonchev–Trinajstić information content (AvgIpc) is 2.74. The Morgan fingerprint density at radius 3 is 2.52 bits per heavy atom. The van der Waals surface area contributed by atoms with Gasteiger partial charge < -0.3 is 19.9 Å². The molecule has 3 rings (SSSR count). The van der Waals surface area contributed by atoms with Gasteiger partial charge in [0.1, 0.15) is 12.4 Å². The van der Waals surface area contributed by atoms with Crippen LogP contribution in [0.25, 0.3) is 0 Å². The van der Waals surface area contributed by atoms with Gasteiger partial charge in [0.05, 0.1) is 21.7 Å². The zero-order valence-electron chi connectivity index (χ0n) is 16.6. The predicted octanol–water partition coefficient (Wildman–Crippen LogP) is 6.53. The van der Waals surface area contributed by atoms with Crippen molar-refractivity contribution in [2.75, 3.05) is 11.9 Å². The van der Waals surface area contributed by atoms with Crippen LogP contribution in [0.3, 0.4) is 0 Å². The van der Waals surface area contributed by atoms with E-state index in [-0.39, 0.29) is 23.0 Å². The number of hydrogen-bond acceptors (Lipinski definition) is 4. The molecule has 2 N–H and O–H groups in total. The molecule has 0 saturated carbocycles. The summed E-state index contributed by atoms with van der Waals surface area (Å²) in [5, 5.41) is 12.6. The summed E-state index contributed by atoms with van der Waals surface area (Å²) >= 11 is 9.45. The van der Waals surface area contributed by atoms with Crippen LogP contribution < -0.4 is 14.8 Å². The fourth-order valence-electron chi connectivity index (χ4n) is 2.87. The van der Waals surface area contributed by atoms with Crippen LogP contribution in [0.4, 0.5) is 10.1 Å². The molecular weight excluding hydrogens is 489 g/mol. The van der Waals surface area contributed by atoms with E-state index in [4.69, 9.17) is 21.1 Å². The van der Waals surface area contributed by atoms with Gasteiger partial charge in [0.2, 0.25) is 0 Å². The summed E-state index contributed by atoms with van der Waals surface area (Å²) in [7, 11) is 0. The predicted molar refractivity (Wildman–Crippen MR) is 122 cm³/mol. The molecule has 0 amide bonds. The zero-order valence-corrected chi connectivity index (χ0v) is 19.0. The molecular formula is C23H20BrClFNO4. The van der Waals surface area contributed by atoms with Crippen LogP contribution in [-0.4, -0.2) is 17.7 Å².